The van der Waals surface area contributed by atoms with Crippen molar-refractivity contribution in [1.29, 1.82) is 0 Å². The topological polar surface area (TPSA) is 86.7 Å². The lowest BCUT2D eigenvalue weighted by Gasteiger charge is -2.15. The van der Waals surface area contributed by atoms with Crippen LogP contribution in [0.5, 0.6) is 5.75 Å². The van der Waals surface area contributed by atoms with E-state index in [9.17, 15) is 19.5 Å². The highest BCUT2D eigenvalue weighted by atomic mass is 35.5. The van der Waals surface area contributed by atoms with Gasteiger partial charge in [-0.2, -0.15) is 5.01 Å². The van der Waals surface area contributed by atoms with E-state index in [1.165, 1.54) is 18.2 Å². The van der Waals surface area contributed by atoms with E-state index in [0.717, 1.165) is 0 Å². The van der Waals surface area contributed by atoms with Crippen molar-refractivity contribution in [3.63, 3.8) is 0 Å². The lowest BCUT2D eigenvalue weighted by atomic mass is 10.2. The predicted octanol–water partition coefficient (Wildman–Crippen LogP) is 0.839. The molecule has 94 valence electrons. The monoisotopic (exact) mass is 268 g/mol. The quantitative estimate of drug-likeness (QED) is 0.778. The number of aromatic hydroxyl groups is 1. The summed E-state index contributed by atoms with van der Waals surface area (Å²) in [6.07, 6.45) is 0.140. The van der Waals surface area contributed by atoms with E-state index in [1.807, 2.05) is 0 Å². The molecule has 1 aliphatic heterocycles. The number of amides is 3. The average Bonchev–Trinajstić information content (AvgIpc) is 2.64. The van der Waals surface area contributed by atoms with Gasteiger partial charge in [-0.3, -0.25) is 19.8 Å². The molecular weight excluding hydrogens is 260 g/mol. The SMILES string of the molecule is O=C(NN1C(=O)CCC1=O)c1cc(Cl)ccc1O. The third kappa shape index (κ3) is 2.28. The normalized spacial score (nSPS) is 15.1. The average molecular weight is 269 g/mol. The van der Waals surface area contributed by atoms with Gasteiger partial charge in [0, 0.05) is 17.9 Å². The molecule has 2 rings (SSSR count). The number of nitrogens with one attached hydrogen (secondary N) is 1. The van der Waals surface area contributed by atoms with Crippen LogP contribution < -0.4 is 5.43 Å². The zero-order valence-corrected chi connectivity index (χ0v) is 9.90. The molecule has 3 amide bonds. The van der Waals surface area contributed by atoms with Crippen LogP contribution in [0.15, 0.2) is 18.2 Å². The summed E-state index contributed by atoms with van der Waals surface area (Å²) in [6.45, 7) is 0. The Kier molecular flexibility index (Phi) is 3.20. The molecule has 0 bridgehead atoms. The van der Waals surface area contributed by atoms with E-state index >= 15 is 0 Å². The Balaban J connectivity index is 2.19. The standard InChI is InChI=1S/C11H9ClN2O4/c12-6-1-2-8(15)7(5-6)11(18)13-14-9(16)3-4-10(14)17/h1-2,5,15H,3-4H2,(H,13,18). The van der Waals surface area contributed by atoms with E-state index in [2.05, 4.69) is 5.43 Å². The van der Waals surface area contributed by atoms with Gasteiger partial charge >= 0.3 is 0 Å². The van der Waals surface area contributed by atoms with E-state index in [4.69, 9.17) is 11.6 Å². The number of hydrogen-bond acceptors (Lipinski definition) is 4. The Morgan fingerprint density at radius 2 is 1.89 bits per heavy atom. The molecule has 1 aliphatic rings. The van der Waals surface area contributed by atoms with Crippen LogP contribution in [0.2, 0.25) is 5.02 Å². The number of phenols is 1. The highest BCUT2D eigenvalue weighted by molar-refractivity contribution is 6.31. The molecule has 0 atom stereocenters. The first-order valence-electron chi connectivity index (χ1n) is 5.14. The summed E-state index contributed by atoms with van der Waals surface area (Å²) < 4.78 is 0. The van der Waals surface area contributed by atoms with Crippen LogP contribution in [0.25, 0.3) is 0 Å². The van der Waals surface area contributed by atoms with Crippen LogP contribution >= 0.6 is 11.6 Å². The highest BCUT2D eigenvalue weighted by Gasteiger charge is 2.31. The maximum absolute atomic E-state index is 11.8. The van der Waals surface area contributed by atoms with Crippen molar-refractivity contribution < 1.29 is 19.5 Å². The van der Waals surface area contributed by atoms with Gasteiger partial charge in [0.15, 0.2) is 0 Å². The number of hydrazine groups is 1. The first-order chi connectivity index (χ1) is 8.49. The van der Waals surface area contributed by atoms with E-state index in [0.29, 0.717) is 5.01 Å². The second kappa shape index (κ2) is 4.66. The third-order valence-electron chi connectivity index (χ3n) is 2.47. The summed E-state index contributed by atoms with van der Waals surface area (Å²) >= 11 is 5.70. The van der Waals surface area contributed by atoms with Gasteiger partial charge in [-0.15, -0.1) is 0 Å². The fraction of sp³-hybridized carbons (Fsp3) is 0.182. The van der Waals surface area contributed by atoms with Gasteiger partial charge in [0.05, 0.1) is 5.56 Å². The van der Waals surface area contributed by atoms with Crippen molar-refractivity contribution in [2.24, 2.45) is 0 Å². The lowest BCUT2D eigenvalue weighted by Crippen LogP contribution is -2.45. The van der Waals surface area contributed by atoms with Crippen molar-refractivity contribution >= 4 is 29.3 Å². The van der Waals surface area contributed by atoms with Gasteiger partial charge in [0.2, 0.25) is 11.8 Å². The fourth-order valence-corrected chi connectivity index (χ4v) is 1.73. The third-order valence-corrected chi connectivity index (χ3v) is 2.70. The van der Waals surface area contributed by atoms with E-state index in [-0.39, 0.29) is 29.2 Å². The number of hydrogen-bond donors (Lipinski definition) is 2. The fourth-order valence-electron chi connectivity index (χ4n) is 1.55. The number of benzene rings is 1. The maximum Gasteiger partial charge on any atom is 0.274 e. The Morgan fingerprint density at radius 3 is 2.50 bits per heavy atom. The van der Waals surface area contributed by atoms with Crippen LogP contribution in [-0.4, -0.2) is 27.8 Å². The molecule has 0 saturated carbocycles. The number of nitrogens with zero attached hydrogens (tertiary/aromatic N) is 1. The predicted molar refractivity (Wildman–Crippen MR) is 61.7 cm³/mol. The molecule has 1 saturated heterocycles. The molecule has 1 aromatic carbocycles. The second-order valence-electron chi connectivity index (χ2n) is 3.73. The largest absolute Gasteiger partial charge is 0.507 e. The van der Waals surface area contributed by atoms with Crippen LogP contribution in [-0.2, 0) is 9.59 Å². The van der Waals surface area contributed by atoms with Gasteiger partial charge in [-0.25, -0.2) is 0 Å². The Labute approximate surface area is 107 Å². The molecule has 2 N–H and O–H groups in total. The molecular formula is C11H9ClN2O4. The molecule has 0 radical (unpaired) electrons. The van der Waals surface area contributed by atoms with Crippen LogP contribution in [0, 0.1) is 0 Å². The molecule has 0 unspecified atom stereocenters. The zero-order chi connectivity index (χ0) is 13.3. The zero-order valence-electron chi connectivity index (χ0n) is 9.14. The van der Waals surface area contributed by atoms with Gasteiger partial charge in [-0.1, -0.05) is 11.6 Å². The van der Waals surface area contributed by atoms with Crippen molar-refractivity contribution in [2.75, 3.05) is 0 Å². The first kappa shape index (κ1) is 12.4. The van der Waals surface area contributed by atoms with Crippen molar-refractivity contribution in [1.82, 2.24) is 10.4 Å². The minimum absolute atomic E-state index is 0.0701. The van der Waals surface area contributed by atoms with Gasteiger partial charge < -0.3 is 5.11 Å². The number of halogens is 1. The molecule has 6 nitrogen and oxygen atoms in total. The highest BCUT2D eigenvalue weighted by Crippen LogP contribution is 2.21. The minimum Gasteiger partial charge on any atom is -0.507 e. The summed E-state index contributed by atoms with van der Waals surface area (Å²) in [4.78, 5) is 34.4. The number of imide groups is 1. The number of phenolic OH excluding ortho intramolecular Hbond substituents is 1. The summed E-state index contributed by atoms with van der Waals surface area (Å²) in [5, 5.41) is 10.4. The van der Waals surface area contributed by atoms with Crippen molar-refractivity contribution in [2.45, 2.75) is 12.8 Å². The molecule has 0 aromatic heterocycles. The smallest absolute Gasteiger partial charge is 0.274 e. The summed E-state index contributed by atoms with van der Waals surface area (Å²) in [5.41, 5.74) is 2.04. The minimum atomic E-state index is -0.765. The van der Waals surface area contributed by atoms with Crippen molar-refractivity contribution in [3.8, 4) is 5.75 Å². The van der Waals surface area contributed by atoms with E-state index < -0.39 is 17.7 Å². The molecule has 1 heterocycles. The van der Waals surface area contributed by atoms with Gasteiger partial charge in [-0.05, 0) is 18.2 Å². The molecule has 18 heavy (non-hydrogen) atoms. The van der Waals surface area contributed by atoms with Crippen LogP contribution in [0.1, 0.15) is 23.2 Å². The van der Waals surface area contributed by atoms with Gasteiger partial charge in [0.25, 0.3) is 5.91 Å². The summed E-state index contributed by atoms with van der Waals surface area (Å²) in [6, 6.07) is 3.92. The molecule has 0 aliphatic carbocycles. The summed E-state index contributed by atoms with van der Waals surface area (Å²) in [7, 11) is 0. The first-order valence-corrected chi connectivity index (χ1v) is 5.52. The lowest BCUT2D eigenvalue weighted by molar-refractivity contribution is -0.141. The molecule has 1 fully saturated rings. The van der Waals surface area contributed by atoms with Crippen molar-refractivity contribution in [3.05, 3.63) is 28.8 Å². The number of carbonyl (C=O) groups is 3. The molecule has 0 spiro atoms. The second-order valence-corrected chi connectivity index (χ2v) is 4.16. The molecule has 1 aromatic rings. The van der Waals surface area contributed by atoms with Gasteiger partial charge in [0.1, 0.15) is 5.75 Å². The number of rotatable bonds is 2. The van der Waals surface area contributed by atoms with E-state index in [1.54, 1.807) is 0 Å². The Morgan fingerprint density at radius 1 is 1.28 bits per heavy atom. The summed E-state index contributed by atoms with van der Waals surface area (Å²) in [5.74, 6) is -2.00. The molecule has 7 heteroatoms. The van der Waals surface area contributed by atoms with Crippen LogP contribution in [0.4, 0.5) is 0 Å². The maximum atomic E-state index is 11.8. The van der Waals surface area contributed by atoms with Crippen LogP contribution in [0.3, 0.4) is 0 Å². The Hall–Kier alpha value is -2.08. The number of carbonyl (C=O) groups excluding carboxylic acids is 3. The Bertz CT molecular complexity index is 528.